The molecule has 0 spiro atoms. The minimum absolute atomic E-state index is 0.142. The summed E-state index contributed by atoms with van der Waals surface area (Å²) in [4.78, 5) is 0. The number of aliphatic hydroxyl groups is 1. The van der Waals surface area contributed by atoms with Crippen molar-refractivity contribution in [2.75, 3.05) is 13.7 Å². The Labute approximate surface area is 53.2 Å². The second kappa shape index (κ2) is 2.44. The van der Waals surface area contributed by atoms with Crippen molar-refractivity contribution >= 4 is 0 Å². The summed E-state index contributed by atoms with van der Waals surface area (Å²) in [7, 11) is 1.49. The zero-order valence-corrected chi connectivity index (χ0v) is 5.13. The summed E-state index contributed by atoms with van der Waals surface area (Å²) in [6, 6.07) is 0. The van der Waals surface area contributed by atoms with E-state index in [0.29, 0.717) is 12.4 Å². The molecule has 0 aliphatic carbocycles. The second-order valence-corrected chi connectivity index (χ2v) is 1.63. The lowest BCUT2D eigenvalue weighted by Crippen LogP contribution is -2.03. The lowest BCUT2D eigenvalue weighted by atomic mass is 10.4. The molecule has 3 heteroatoms. The molecule has 1 heterocycles. The monoisotopic (exact) mass is 128 g/mol. The van der Waals surface area contributed by atoms with E-state index < -0.39 is 0 Å². The Balaban J connectivity index is 2.72. The first-order chi connectivity index (χ1) is 4.34. The SMILES string of the molecule is COC1=C(O)C=COC1. The second-order valence-electron chi connectivity index (χ2n) is 1.63. The van der Waals surface area contributed by atoms with E-state index in [4.69, 9.17) is 14.6 Å². The van der Waals surface area contributed by atoms with Gasteiger partial charge in [-0.15, -0.1) is 0 Å². The van der Waals surface area contributed by atoms with Gasteiger partial charge >= 0.3 is 0 Å². The average molecular weight is 128 g/mol. The molecule has 1 rings (SSSR count). The van der Waals surface area contributed by atoms with Crippen LogP contribution in [-0.4, -0.2) is 18.8 Å². The molecular weight excluding hydrogens is 120 g/mol. The Morgan fingerprint density at radius 2 is 2.56 bits per heavy atom. The van der Waals surface area contributed by atoms with Gasteiger partial charge in [0, 0.05) is 6.08 Å². The first kappa shape index (κ1) is 6.01. The Morgan fingerprint density at radius 3 is 3.00 bits per heavy atom. The minimum atomic E-state index is 0.142. The van der Waals surface area contributed by atoms with Crippen molar-refractivity contribution in [3.63, 3.8) is 0 Å². The fourth-order valence-electron chi connectivity index (χ4n) is 0.567. The van der Waals surface area contributed by atoms with Gasteiger partial charge in [-0.25, -0.2) is 0 Å². The molecule has 0 atom stereocenters. The maximum absolute atomic E-state index is 8.96. The summed E-state index contributed by atoms with van der Waals surface area (Å²) in [5.74, 6) is 0.612. The maximum atomic E-state index is 8.96. The van der Waals surface area contributed by atoms with Gasteiger partial charge in [-0.3, -0.25) is 0 Å². The highest BCUT2D eigenvalue weighted by molar-refractivity contribution is 5.16. The number of methoxy groups -OCH3 is 1. The summed E-state index contributed by atoms with van der Waals surface area (Å²) in [6.45, 7) is 0.318. The van der Waals surface area contributed by atoms with E-state index in [2.05, 4.69) is 0 Å². The Bertz CT molecular complexity index is 158. The summed E-state index contributed by atoms with van der Waals surface area (Å²) in [6.07, 6.45) is 2.88. The number of ether oxygens (including phenoxy) is 2. The Kier molecular flexibility index (Phi) is 1.63. The number of aliphatic hydroxyl groups excluding tert-OH is 1. The van der Waals surface area contributed by atoms with E-state index in [-0.39, 0.29) is 5.76 Å². The van der Waals surface area contributed by atoms with Crippen LogP contribution < -0.4 is 0 Å². The molecule has 0 aromatic rings. The molecule has 0 amide bonds. The normalized spacial score (nSPS) is 17.4. The van der Waals surface area contributed by atoms with E-state index in [1.807, 2.05) is 0 Å². The molecule has 0 aromatic heterocycles. The van der Waals surface area contributed by atoms with Crippen LogP contribution in [0.1, 0.15) is 0 Å². The van der Waals surface area contributed by atoms with Gasteiger partial charge in [0.2, 0.25) is 0 Å². The third-order valence-electron chi connectivity index (χ3n) is 1.07. The van der Waals surface area contributed by atoms with Gasteiger partial charge in [0.1, 0.15) is 6.61 Å². The first-order valence-electron chi connectivity index (χ1n) is 2.59. The van der Waals surface area contributed by atoms with E-state index >= 15 is 0 Å². The van der Waals surface area contributed by atoms with Crippen molar-refractivity contribution < 1.29 is 14.6 Å². The van der Waals surface area contributed by atoms with E-state index in [1.165, 1.54) is 19.4 Å². The maximum Gasteiger partial charge on any atom is 0.175 e. The topological polar surface area (TPSA) is 38.7 Å². The van der Waals surface area contributed by atoms with Gasteiger partial charge in [0.05, 0.1) is 13.4 Å². The quantitative estimate of drug-likeness (QED) is 0.571. The van der Waals surface area contributed by atoms with Crippen LogP contribution in [0.25, 0.3) is 0 Å². The van der Waals surface area contributed by atoms with E-state index in [9.17, 15) is 0 Å². The van der Waals surface area contributed by atoms with Crippen molar-refractivity contribution in [1.82, 2.24) is 0 Å². The van der Waals surface area contributed by atoms with Crippen LogP contribution in [0.2, 0.25) is 0 Å². The van der Waals surface area contributed by atoms with Crippen LogP contribution in [0, 0.1) is 0 Å². The molecule has 0 radical (unpaired) electrons. The molecule has 0 aromatic carbocycles. The predicted molar refractivity (Wildman–Crippen MR) is 31.8 cm³/mol. The number of allylic oxidation sites excluding steroid dienone is 1. The van der Waals surface area contributed by atoms with Crippen molar-refractivity contribution in [2.45, 2.75) is 0 Å². The van der Waals surface area contributed by atoms with Crippen LogP contribution >= 0.6 is 0 Å². The van der Waals surface area contributed by atoms with Crippen molar-refractivity contribution in [1.29, 1.82) is 0 Å². The van der Waals surface area contributed by atoms with E-state index in [0.717, 1.165) is 0 Å². The molecular formula is C6H8O3. The van der Waals surface area contributed by atoms with Gasteiger partial charge in [-0.2, -0.15) is 0 Å². The van der Waals surface area contributed by atoms with Gasteiger partial charge in [0.15, 0.2) is 11.5 Å². The standard InChI is InChI=1S/C6H8O3/c1-8-6-4-9-3-2-5(6)7/h2-3,7H,4H2,1H3. The molecule has 50 valence electrons. The third-order valence-corrected chi connectivity index (χ3v) is 1.07. The Hall–Kier alpha value is -1.12. The molecule has 0 unspecified atom stereocenters. The molecule has 9 heavy (non-hydrogen) atoms. The molecule has 1 aliphatic rings. The minimum Gasteiger partial charge on any atom is -0.504 e. The summed E-state index contributed by atoms with van der Waals surface area (Å²) >= 11 is 0. The van der Waals surface area contributed by atoms with Crippen LogP contribution in [0.15, 0.2) is 23.9 Å². The Morgan fingerprint density at radius 1 is 1.78 bits per heavy atom. The number of hydrogen-bond acceptors (Lipinski definition) is 3. The number of rotatable bonds is 1. The molecule has 1 N–H and O–H groups in total. The molecule has 3 nitrogen and oxygen atoms in total. The molecule has 0 bridgehead atoms. The predicted octanol–water partition coefficient (Wildman–Crippen LogP) is 0.946. The summed E-state index contributed by atoms with van der Waals surface area (Å²) < 4.78 is 9.58. The largest absolute Gasteiger partial charge is 0.504 e. The first-order valence-corrected chi connectivity index (χ1v) is 2.59. The van der Waals surface area contributed by atoms with Gasteiger partial charge in [-0.1, -0.05) is 0 Å². The van der Waals surface area contributed by atoms with Crippen molar-refractivity contribution in [3.8, 4) is 0 Å². The van der Waals surface area contributed by atoms with Crippen LogP contribution in [0.3, 0.4) is 0 Å². The van der Waals surface area contributed by atoms with Crippen molar-refractivity contribution in [3.05, 3.63) is 23.9 Å². The zero-order valence-electron chi connectivity index (χ0n) is 5.13. The summed E-state index contributed by atoms with van der Waals surface area (Å²) in [5, 5.41) is 8.96. The van der Waals surface area contributed by atoms with Crippen LogP contribution in [0.4, 0.5) is 0 Å². The number of hydrogen-bond donors (Lipinski definition) is 1. The van der Waals surface area contributed by atoms with Gasteiger partial charge in [-0.05, 0) is 0 Å². The zero-order chi connectivity index (χ0) is 6.69. The fourth-order valence-corrected chi connectivity index (χ4v) is 0.567. The van der Waals surface area contributed by atoms with Crippen LogP contribution in [-0.2, 0) is 9.47 Å². The van der Waals surface area contributed by atoms with Crippen LogP contribution in [0.5, 0.6) is 0 Å². The lowest BCUT2D eigenvalue weighted by Gasteiger charge is -2.10. The smallest absolute Gasteiger partial charge is 0.175 e. The molecule has 1 aliphatic heterocycles. The highest BCUT2D eigenvalue weighted by Gasteiger charge is 2.06. The highest BCUT2D eigenvalue weighted by atomic mass is 16.5. The molecule has 0 saturated carbocycles. The van der Waals surface area contributed by atoms with Gasteiger partial charge < -0.3 is 14.6 Å². The molecule has 0 fully saturated rings. The molecule has 0 saturated heterocycles. The van der Waals surface area contributed by atoms with E-state index in [1.54, 1.807) is 0 Å². The summed E-state index contributed by atoms with van der Waals surface area (Å²) in [5.41, 5.74) is 0. The van der Waals surface area contributed by atoms with Crippen molar-refractivity contribution in [2.24, 2.45) is 0 Å². The third kappa shape index (κ3) is 1.16. The van der Waals surface area contributed by atoms with Gasteiger partial charge in [0.25, 0.3) is 0 Å². The highest BCUT2D eigenvalue weighted by Crippen LogP contribution is 2.09. The fraction of sp³-hybridized carbons (Fsp3) is 0.333. The lowest BCUT2D eigenvalue weighted by molar-refractivity contribution is 0.162. The average Bonchev–Trinajstić information content (AvgIpc) is 1.89.